The van der Waals surface area contributed by atoms with Crippen molar-refractivity contribution in [2.24, 2.45) is 0 Å². The van der Waals surface area contributed by atoms with Gasteiger partial charge in [0.15, 0.2) is 5.76 Å². The minimum Gasteiger partial charge on any atom is -0.490 e. The van der Waals surface area contributed by atoms with E-state index in [0.29, 0.717) is 29.1 Å². The summed E-state index contributed by atoms with van der Waals surface area (Å²) in [6.45, 7) is 1.89. The first-order chi connectivity index (χ1) is 11.7. The van der Waals surface area contributed by atoms with Gasteiger partial charge < -0.3 is 19.8 Å². The van der Waals surface area contributed by atoms with E-state index < -0.39 is 0 Å². The molecular weight excluding hydrogens is 330 g/mol. The predicted octanol–water partition coefficient (Wildman–Crippen LogP) is 2.78. The van der Waals surface area contributed by atoms with Crippen molar-refractivity contribution in [3.8, 4) is 5.75 Å². The fourth-order valence-corrected chi connectivity index (χ4v) is 2.78. The van der Waals surface area contributed by atoms with Gasteiger partial charge in [0.05, 0.1) is 12.5 Å². The lowest BCUT2D eigenvalue weighted by atomic mass is 10.1. The van der Waals surface area contributed by atoms with Crippen molar-refractivity contribution in [2.45, 2.75) is 31.8 Å². The predicted molar refractivity (Wildman–Crippen MR) is 90.3 cm³/mol. The molecule has 3 heterocycles. The van der Waals surface area contributed by atoms with Crippen LogP contribution in [0.5, 0.6) is 5.75 Å². The van der Waals surface area contributed by atoms with E-state index >= 15 is 0 Å². The molecule has 1 atom stereocenters. The summed E-state index contributed by atoms with van der Waals surface area (Å²) in [6.07, 6.45) is 6.62. The molecule has 0 saturated carbocycles. The maximum absolute atomic E-state index is 11.9. The molecule has 0 radical (unpaired) electrons. The highest BCUT2D eigenvalue weighted by atomic mass is 35.5. The van der Waals surface area contributed by atoms with E-state index in [4.69, 9.17) is 20.8 Å². The lowest BCUT2D eigenvalue weighted by Gasteiger charge is -2.23. The van der Waals surface area contributed by atoms with Gasteiger partial charge in [-0.2, -0.15) is 0 Å². The number of halogens is 1. The molecule has 6 nitrogen and oxygen atoms in total. The van der Waals surface area contributed by atoms with Crippen molar-refractivity contribution in [3.05, 3.63) is 47.1 Å². The molecule has 128 valence electrons. The number of hydrogen-bond acceptors (Lipinski definition) is 5. The number of ether oxygens (including phenoxy) is 1. The number of pyridine rings is 1. The second-order valence-electron chi connectivity index (χ2n) is 5.74. The van der Waals surface area contributed by atoms with Crippen LogP contribution in [0.2, 0.25) is 5.15 Å². The maximum atomic E-state index is 11.9. The molecular formula is C17H20ClN3O3. The van der Waals surface area contributed by atoms with Gasteiger partial charge in [-0.05, 0) is 37.6 Å². The molecule has 1 unspecified atom stereocenters. The minimum atomic E-state index is -0.297. The quantitative estimate of drug-likeness (QED) is 0.784. The van der Waals surface area contributed by atoms with E-state index in [0.717, 1.165) is 13.0 Å². The number of amides is 1. The smallest absolute Gasteiger partial charge is 0.287 e. The number of furan rings is 1. The zero-order valence-corrected chi connectivity index (χ0v) is 14.0. The number of hydrogen-bond donors (Lipinski definition) is 2. The SMILES string of the molecule is O=C(NCc1cc(OCC2CCCCN2)cnc1Cl)c1ccco1. The first-order valence-electron chi connectivity index (χ1n) is 8.04. The molecule has 24 heavy (non-hydrogen) atoms. The Morgan fingerprint density at radius 2 is 2.42 bits per heavy atom. The molecule has 3 rings (SSSR count). The molecule has 1 saturated heterocycles. The van der Waals surface area contributed by atoms with E-state index in [9.17, 15) is 4.79 Å². The number of carbonyl (C=O) groups is 1. The van der Waals surface area contributed by atoms with Gasteiger partial charge in [0, 0.05) is 18.2 Å². The Kier molecular flexibility index (Phi) is 5.72. The molecule has 2 N–H and O–H groups in total. The van der Waals surface area contributed by atoms with Gasteiger partial charge in [0.2, 0.25) is 0 Å². The lowest BCUT2D eigenvalue weighted by molar-refractivity contribution is 0.0923. The Bertz CT molecular complexity index is 670. The van der Waals surface area contributed by atoms with Crippen molar-refractivity contribution in [2.75, 3.05) is 13.2 Å². The van der Waals surface area contributed by atoms with Crippen LogP contribution in [0.1, 0.15) is 35.4 Å². The molecule has 2 aromatic rings. The van der Waals surface area contributed by atoms with Crippen LogP contribution in [-0.2, 0) is 6.54 Å². The Balaban J connectivity index is 1.55. The van der Waals surface area contributed by atoms with Crippen LogP contribution >= 0.6 is 11.6 Å². The lowest BCUT2D eigenvalue weighted by Crippen LogP contribution is -2.38. The van der Waals surface area contributed by atoms with Crippen LogP contribution in [0.4, 0.5) is 0 Å². The summed E-state index contributed by atoms with van der Waals surface area (Å²) in [6, 6.07) is 5.44. The van der Waals surface area contributed by atoms with Gasteiger partial charge in [-0.3, -0.25) is 4.79 Å². The highest BCUT2D eigenvalue weighted by molar-refractivity contribution is 6.30. The number of aromatic nitrogens is 1. The Morgan fingerprint density at radius 1 is 1.50 bits per heavy atom. The van der Waals surface area contributed by atoms with Gasteiger partial charge in [0.1, 0.15) is 17.5 Å². The van der Waals surface area contributed by atoms with Gasteiger partial charge in [-0.1, -0.05) is 18.0 Å². The number of rotatable bonds is 6. The summed E-state index contributed by atoms with van der Waals surface area (Å²) < 4.78 is 10.9. The minimum absolute atomic E-state index is 0.254. The third-order valence-electron chi connectivity index (χ3n) is 3.93. The highest BCUT2D eigenvalue weighted by Gasteiger charge is 2.14. The Morgan fingerprint density at radius 3 is 3.17 bits per heavy atom. The summed E-state index contributed by atoms with van der Waals surface area (Å²) in [4.78, 5) is 16.0. The van der Waals surface area contributed by atoms with E-state index in [-0.39, 0.29) is 18.2 Å². The second kappa shape index (κ2) is 8.17. The van der Waals surface area contributed by atoms with Gasteiger partial charge in [-0.15, -0.1) is 0 Å². The zero-order chi connectivity index (χ0) is 16.8. The molecule has 0 bridgehead atoms. The second-order valence-corrected chi connectivity index (χ2v) is 6.10. The Hall–Kier alpha value is -2.05. The third kappa shape index (κ3) is 4.49. The third-order valence-corrected chi connectivity index (χ3v) is 4.27. The summed E-state index contributed by atoms with van der Waals surface area (Å²) in [5, 5.41) is 6.53. The first-order valence-corrected chi connectivity index (χ1v) is 8.42. The van der Waals surface area contributed by atoms with Crippen molar-refractivity contribution in [3.63, 3.8) is 0 Å². The van der Waals surface area contributed by atoms with E-state index in [1.54, 1.807) is 24.4 Å². The van der Waals surface area contributed by atoms with Crippen molar-refractivity contribution < 1.29 is 13.9 Å². The number of piperidine rings is 1. The molecule has 0 aliphatic carbocycles. The fourth-order valence-electron chi connectivity index (χ4n) is 2.61. The summed E-state index contributed by atoms with van der Waals surface area (Å²) >= 11 is 6.10. The average Bonchev–Trinajstić information content (AvgIpc) is 3.15. The maximum Gasteiger partial charge on any atom is 0.287 e. The Labute approximate surface area is 145 Å². The van der Waals surface area contributed by atoms with Crippen LogP contribution < -0.4 is 15.4 Å². The molecule has 1 aliphatic rings. The first kappa shape index (κ1) is 16.8. The van der Waals surface area contributed by atoms with Crippen molar-refractivity contribution >= 4 is 17.5 Å². The van der Waals surface area contributed by atoms with Crippen LogP contribution in [0.25, 0.3) is 0 Å². The van der Waals surface area contributed by atoms with Gasteiger partial charge >= 0.3 is 0 Å². The molecule has 1 amide bonds. The van der Waals surface area contributed by atoms with E-state index in [1.165, 1.54) is 19.1 Å². The molecule has 0 aromatic carbocycles. The van der Waals surface area contributed by atoms with Crippen LogP contribution in [-0.4, -0.2) is 30.1 Å². The van der Waals surface area contributed by atoms with Crippen LogP contribution in [0.3, 0.4) is 0 Å². The average molecular weight is 350 g/mol. The number of nitrogens with zero attached hydrogens (tertiary/aromatic N) is 1. The summed E-state index contributed by atoms with van der Waals surface area (Å²) in [5.74, 6) is 0.609. The highest BCUT2D eigenvalue weighted by Crippen LogP contribution is 2.20. The van der Waals surface area contributed by atoms with Crippen molar-refractivity contribution in [1.29, 1.82) is 0 Å². The van der Waals surface area contributed by atoms with Crippen molar-refractivity contribution in [1.82, 2.24) is 15.6 Å². The standard InChI is InChI=1S/C17H20ClN3O3/c18-16-12(9-21-17(22)15-5-3-7-23-15)8-14(10-20-16)24-11-13-4-1-2-6-19-13/h3,5,7-8,10,13,19H,1-2,4,6,9,11H2,(H,21,22). The molecule has 1 fully saturated rings. The van der Waals surface area contributed by atoms with Gasteiger partial charge in [0.25, 0.3) is 5.91 Å². The molecule has 2 aromatic heterocycles. The van der Waals surface area contributed by atoms with Crippen LogP contribution in [0, 0.1) is 0 Å². The molecule has 0 spiro atoms. The van der Waals surface area contributed by atoms with Crippen LogP contribution in [0.15, 0.2) is 35.1 Å². The molecule has 7 heteroatoms. The molecule has 1 aliphatic heterocycles. The zero-order valence-electron chi connectivity index (χ0n) is 13.3. The largest absolute Gasteiger partial charge is 0.490 e. The number of nitrogens with one attached hydrogen (secondary N) is 2. The monoisotopic (exact) mass is 349 g/mol. The number of carbonyl (C=O) groups excluding carboxylic acids is 1. The summed E-state index contributed by atoms with van der Waals surface area (Å²) in [5.41, 5.74) is 0.700. The normalized spacial score (nSPS) is 17.5. The summed E-state index contributed by atoms with van der Waals surface area (Å²) in [7, 11) is 0. The van der Waals surface area contributed by atoms with Gasteiger partial charge in [-0.25, -0.2) is 4.98 Å². The topological polar surface area (TPSA) is 76.4 Å². The van der Waals surface area contributed by atoms with E-state index in [2.05, 4.69) is 15.6 Å². The fraction of sp³-hybridized carbons (Fsp3) is 0.412. The van der Waals surface area contributed by atoms with E-state index in [1.807, 2.05) is 0 Å².